The second-order valence-corrected chi connectivity index (χ2v) is 9.24. The molecule has 0 bridgehead atoms. The Morgan fingerprint density at radius 3 is 2.68 bits per heavy atom. The van der Waals surface area contributed by atoms with Gasteiger partial charge in [0.2, 0.25) is 0 Å². The molecule has 25 heavy (non-hydrogen) atoms. The summed E-state index contributed by atoms with van der Waals surface area (Å²) in [6, 6.07) is 1.25. The number of cyclic esters (lactones) is 1. The molecule has 0 spiro atoms. The largest absolute Gasteiger partial charge is 0.462 e. The summed E-state index contributed by atoms with van der Waals surface area (Å²) >= 11 is 0. The van der Waals surface area contributed by atoms with Gasteiger partial charge in [0.1, 0.15) is 6.10 Å². The Balaban J connectivity index is 1.57. The molecule has 3 nitrogen and oxygen atoms in total. The number of rotatable bonds is 2. The first kappa shape index (κ1) is 17.6. The molecule has 2 saturated heterocycles. The molecule has 0 aromatic rings. The molecule has 2 heterocycles. The Hall–Kier alpha value is -0.830. The summed E-state index contributed by atoms with van der Waals surface area (Å²) in [5.74, 6) is 2.71. The zero-order valence-corrected chi connectivity index (χ0v) is 16.2. The Kier molecular flexibility index (Phi) is 4.96. The third-order valence-electron chi connectivity index (χ3n) is 7.97. The summed E-state index contributed by atoms with van der Waals surface area (Å²) in [7, 11) is 2.27. The zero-order chi connectivity index (χ0) is 17.6. The molecule has 0 aromatic carbocycles. The number of nitrogens with zero attached hydrogens (tertiary/aromatic N) is 1. The lowest BCUT2D eigenvalue weighted by Crippen LogP contribution is -2.44. The van der Waals surface area contributed by atoms with E-state index in [2.05, 4.69) is 37.9 Å². The Morgan fingerprint density at radius 2 is 1.84 bits per heavy atom. The van der Waals surface area contributed by atoms with Crippen LogP contribution in [0.3, 0.4) is 0 Å². The first-order valence-electron chi connectivity index (χ1n) is 10.7. The molecule has 0 N–H and O–H groups in total. The van der Waals surface area contributed by atoms with E-state index in [-0.39, 0.29) is 18.0 Å². The van der Waals surface area contributed by atoms with Crippen LogP contribution in [0.1, 0.15) is 65.2 Å². The predicted molar refractivity (Wildman–Crippen MR) is 100 cm³/mol. The van der Waals surface area contributed by atoms with Gasteiger partial charge in [0.25, 0.3) is 0 Å². The number of allylic oxidation sites excluding steroid dienone is 1. The maximum Gasteiger partial charge on any atom is 0.309 e. The fraction of sp³-hybridized carbons (Fsp3) is 0.864. The van der Waals surface area contributed by atoms with Gasteiger partial charge in [0, 0.05) is 18.0 Å². The van der Waals surface area contributed by atoms with Crippen LogP contribution in [0.25, 0.3) is 0 Å². The van der Waals surface area contributed by atoms with Gasteiger partial charge in [-0.3, -0.25) is 9.69 Å². The van der Waals surface area contributed by atoms with Crippen molar-refractivity contribution in [2.24, 2.45) is 29.6 Å². The number of likely N-dealkylation sites (N-methyl/N-ethyl adjacent to an activating group) is 1. The number of likely N-dealkylation sites (tertiary alicyclic amines) is 1. The van der Waals surface area contributed by atoms with E-state index >= 15 is 0 Å². The third-order valence-corrected chi connectivity index (χ3v) is 7.97. The molecule has 4 rings (SSSR count). The van der Waals surface area contributed by atoms with Gasteiger partial charge in [-0.1, -0.05) is 37.8 Å². The van der Waals surface area contributed by atoms with Crippen LogP contribution in [0, 0.1) is 29.6 Å². The average molecular weight is 346 g/mol. The summed E-state index contributed by atoms with van der Waals surface area (Å²) in [4.78, 5) is 14.9. The lowest BCUT2D eigenvalue weighted by Gasteiger charge is -2.46. The van der Waals surface area contributed by atoms with Crippen molar-refractivity contribution >= 4 is 5.97 Å². The van der Waals surface area contributed by atoms with Gasteiger partial charge in [0.05, 0.1) is 5.92 Å². The standard InChI is InChI=1S/C22H35NO2/c1-14-7-6-9-17(23(14)3)11-12-19-18-10-5-4-8-16(18)13-20-21(19)15(2)25-22(20)24/h11-12,14-21H,4-10,13H2,1-3H3/b12-11+/t14-,15-,16+,17?,18-,19+,20-,21+/m0/s1. The van der Waals surface area contributed by atoms with Crippen LogP contribution in [-0.4, -0.2) is 36.1 Å². The quantitative estimate of drug-likeness (QED) is 0.548. The van der Waals surface area contributed by atoms with Crippen LogP contribution < -0.4 is 0 Å². The highest BCUT2D eigenvalue weighted by Gasteiger charge is 2.53. The van der Waals surface area contributed by atoms with Crippen LogP contribution in [0.5, 0.6) is 0 Å². The molecular formula is C22H35NO2. The van der Waals surface area contributed by atoms with Crippen molar-refractivity contribution in [3.05, 3.63) is 12.2 Å². The van der Waals surface area contributed by atoms with Crippen LogP contribution in [-0.2, 0) is 9.53 Å². The van der Waals surface area contributed by atoms with Gasteiger partial charge in [-0.2, -0.15) is 0 Å². The number of carbonyl (C=O) groups excluding carboxylic acids is 1. The summed E-state index contributed by atoms with van der Waals surface area (Å²) in [6.07, 6.45) is 15.5. The van der Waals surface area contributed by atoms with E-state index in [9.17, 15) is 4.79 Å². The number of hydrogen-bond acceptors (Lipinski definition) is 3. The number of fused-ring (bicyclic) bond motifs is 2. The van der Waals surface area contributed by atoms with Gasteiger partial charge in [-0.15, -0.1) is 0 Å². The highest BCUT2D eigenvalue weighted by molar-refractivity contribution is 5.75. The van der Waals surface area contributed by atoms with Gasteiger partial charge >= 0.3 is 5.97 Å². The fourth-order valence-electron chi connectivity index (χ4n) is 6.43. The lowest BCUT2D eigenvalue weighted by molar-refractivity contribution is -0.144. The van der Waals surface area contributed by atoms with E-state index in [4.69, 9.17) is 4.74 Å². The number of carbonyl (C=O) groups is 1. The SMILES string of the molecule is C[C@@H]1OC(=O)[C@H]2C[C@H]3CCCC[C@@H]3[C@@H](/C=C/C3CCC[C@H](C)N3C)[C@@H]12. The monoisotopic (exact) mass is 345 g/mol. The van der Waals surface area contributed by atoms with Crippen LogP contribution in [0.2, 0.25) is 0 Å². The molecule has 1 unspecified atom stereocenters. The lowest BCUT2D eigenvalue weighted by atomic mass is 9.57. The first-order chi connectivity index (χ1) is 12.1. The van der Waals surface area contributed by atoms with Gasteiger partial charge in [-0.25, -0.2) is 0 Å². The zero-order valence-electron chi connectivity index (χ0n) is 16.2. The van der Waals surface area contributed by atoms with Gasteiger partial charge < -0.3 is 4.74 Å². The topological polar surface area (TPSA) is 29.5 Å². The molecule has 2 aliphatic carbocycles. The summed E-state index contributed by atoms with van der Waals surface area (Å²) in [5, 5.41) is 0. The van der Waals surface area contributed by atoms with Gasteiger partial charge in [-0.05, 0) is 64.3 Å². The second kappa shape index (κ2) is 7.06. The van der Waals surface area contributed by atoms with E-state index in [1.807, 2.05) is 0 Å². The average Bonchev–Trinajstić information content (AvgIpc) is 2.89. The Morgan fingerprint density at radius 1 is 1.04 bits per heavy atom. The van der Waals surface area contributed by atoms with Crippen molar-refractivity contribution in [1.82, 2.24) is 4.90 Å². The van der Waals surface area contributed by atoms with Crippen molar-refractivity contribution in [2.45, 2.75) is 83.4 Å². The second-order valence-electron chi connectivity index (χ2n) is 9.24. The first-order valence-corrected chi connectivity index (χ1v) is 10.7. The van der Waals surface area contributed by atoms with Crippen molar-refractivity contribution in [2.75, 3.05) is 7.05 Å². The fourth-order valence-corrected chi connectivity index (χ4v) is 6.43. The van der Waals surface area contributed by atoms with Crippen molar-refractivity contribution in [3.63, 3.8) is 0 Å². The smallest absolute Gasteiger partial charge is 0.309 e. The minimum atomic E-state index is 0.0864. The molecule has 4 aliphatic rings. The molecule has 2 saturated carbocycles. The van der Waals surface area contributed by atoms with E-state index in [1.54, 1.807) is 0 Å². The number of ether oxygens (including phenoxy) is 1. The van der Waals surface area contributed by atoms with Crippen molar-refractivity contribution < 1.29 is 9.53 Å². The van der Waals surface area contributed by atoms with Crippen LogP contribution >= 0.6 is 0 Å². The van der Waals surface area contributed by atoms with E-state index in [0.717, 1.165) is 18.3 Å². The molecule has 4 fully saturated rings. The maximum atomic E-state index is 12.4. The molecule has 0 radical (unpaired) electrons. The Bertz CT molecular complexity index is 530. The molecule has 2 aliphatic heterocycles. The normalized spacial score (nSPS) is 48.2. The molecule has 0 amide bonds. The highest BCUT2D eigenvalue weighted by Crippen LogP contribution is 2.53. The van der Waals surface area contributed by atoms with Crippen molar-refractivity contribution in [3.8, 4) is 0 Å². The highest BCUT2D eigenvalue weighted by atomic mass is 16.6. The number of hydrogen-bond donors (Lipinski definition) is 0. The summed E-state index contributed by atoms with van der Waals surface area (Å²) < 4.78 is 5.69. The van der Waals surface area contributed by atoms with Crippen LogP contribution in [0.15, 0.2) is 12.2 Å². The van der Waals surface area contributed by atoms with E-state index in [1.165, 1.54) is 44.9 Å². The molecule has 0 aromatic heterocycles. The Labute approximate surface area is 153 Å². The van der Waals surface area contributed by atoms with Crippen LogP contribution in [0.4, 0.5) is 0 Å². The number of piperidine rings is 1. The van der Waals surface area contributed by atoms with E-state index in [0.29, 0.717) is 23.9 Å². The number of esters is 1. The minimum Gasteiger partial charge on any atom is -0.462 e. The predicted octanol–water partition coefficient (Wildman–Crippen LogP) is 4.42. The van der Waals surface area contributed by atoms with Crippen molar-refractivity contribution in [1.29, 1.82) is 0 Å². The third kappa shape index (κ3) is 3.18. The maximum absolute atomic E-state index is 12.4. The van der Waals surface area contributed by atoms with E-state index < -0.39 is 0 Å². The molecular weight excluding hydrogens is 310 g/mol. The molecule has 140 valence electrons. The minimum absolute atomic E-state index is 0.0864. The molecule has 8 atom stereocenters. The molecule has 3 heteroatoms. The summed E-state index contributed by atoms with van der Waals surface area (Å²) in [5.41, 5.74) is 0. The van der Waals surface area contributed by atoms with Gasteiger partial charge in [0.15, 0.2) is 0 Å². The summed E-state index contributed by atoms with van der Waals surface area (Å²) in [6.45, 7) is 4.47.